The van der Waals surface area contributed by atoms with Crippen LogP contribution >= 0.6 is 11.3 Å². The predicted octanol–water partition coefficient (Wildman–Crippen LogP) is 4.09. The van der Waals surface area contributed by atoms with Crippen LogP contribution in [0.4, 0.5) is 0 Å². The topological polar surface area (TPSA) is 100 Å². The fourth-order valence-corrected chi connectivity index (χ4v) is 5.24. The van der Waals surface area contributed by atoms with E-state index in [1.165, 1.54) is 34.3 Å². The number of fused-ring (bicyclic) bond motifs is 1. The van der Waals surface area contributed by atoms with Gasteiger partial charge in [-0.3, -0.25) is 9.36 Å². The Balaban J connectivity index is 1.58. The minimum atomic E-state index is -0.798. The van der Waals surface area contributed by atoms with Crippen molar-refractivity contribution in [1.29, 1.82) is 0 Å². The van der Waals surface area contributed by atoms with Crippen LogP contribution in [0.25, 0.3) is 6.08 Å². The quantitative estimate of drug-likeness (QED) is 0.199. The first kappa shape index (κ1) is 25.9. The van der Waals surface area contributed by atoms with Gasteiger partial charge in [0.1, 0.15) is 12.4 Å². The van der Waals surface area contributed by atoms with E-state index in [0.717, 1.165) is 11.1 Å². The molecule has 4 aromatic rings. The molecule has 3 heterocycles. The van der Waals surface area contributed by atoms with Gasteiger partial charge in [-0.25, -0.2) is 14.6 Å². The molecule has 1 aliphatic heterocycles. The number of carbonyl (C=O) groups is 2. The number of aromatic nitrogens is 1. The van der Waals surface area contributed by atoms with E-state index in [9.17, 15) is 14.4 Å². The van der Waals surface area contributed by atoms with Crippen molar-refractivity contribution in [3.63, 3.8) is 0 Å². The highest BCUT2D eigenvalue weighted by Gasteiger charge is 2.33. The van der Waals surface area contributed by atoms with Crippen LogP contribution in [0.2, 0.25) is 0 Å². The maximum Gasteiger partial charge on any atom is 0.379 e. The van der Waals surface area contributed by atoms with Crippen molar-refractivity contribution >= 4 is 29.4 Å². The zero-order valence-corrected chi connectivity index (χ0v) is 22.1. The second-order valence-electron chi connectivity index (χ2n) is 8.82. The highest BCUT2D eigenvalue weighted by Crippen LogP contribution is 2.31. The van der Waals surface area contributed by atoms with Gasteiger partial charge in [-0.05, 0) is 55.3 Å². The Kier molecular flexibility index (Phi) is 7.25. The molecule has 2 aromatic heterocycles. The van der Waals surface area contributed by atoms with Gasteiger partial charge < -0.3 is 13.9 Å². The monoisotopic (exact) mass is 540 g/mol. The average Bonchev–Trinajstić information content (AvgIpc) is 3.57. The Hall–Kier alpha value is -4.76. The van der Waals surface area contributed by atoms with Crippen molar-refractivity contribution in [3.8, 4) is 5.75 Å². The van der Waals surface area contributed by atoms with Crippen LogP contribution in [-0.4, -0.2) is 23.1 Å². The zero-order chi connectivity index (χ0) is 27.5. The van der Waals surface area contributed by atoms with E-state index in [1.807, 2.05) is 37.3 Å². The third-order valence-electron chi connectivity index (χ3n) is 6.08. The number of carbonyl (C=O) groups excluding carboxylic acids is 2. The first-order valence-corrected chi connectivity index (χ1v) is 12.9. The molecule has 0 aliphatic carbocycles. The van der Waals surface area contributed by atoms with Gasteiger partial charge in [0.25, 0.3) is 5.56 Å². The molecule has 0 bridgehead atoms. The van der Waals surface area contributed by atoms with E-state index in [2.05, 4.69) is 11.6 Å². The molecule has 0 saturated carbocycles. The smallest absolute Gasteiger partial charge is 0.379 e. The largest absolute Gasteiger partial charge is 0.458 e. The molecule has 1 atom stereocenters. The van der Waals surface area contributed by atoms with E-state index in [-0.39, 0.29) is 29.2 Å². The summed E-state index contributed by atoms with van der Waals surface area (Å²) < 4.78 is 17.8. The molecule has 0 spiro atoms. The molecule has 0 radical (unpaired) electrons. The van der Waals surface area contributed by atoms with Crippen LogP contribution < -0.4 is 19.6 Å². The van der Waals surface area contributed by atoms with E-state index < -0.39 is 18.0 Å². The second kappa shape index (κ2) is 10.9. The summed E-state index contributed by atoms with van der Waals surface area (Å²) in [6.07, 6.45) is 4.67. The Morgan fingerprint density at radius 3 is 2.49 bits per heavy atom. The highest BCUT2D eigenvalue weighted by molar-refractivity contribution is 7.07. The Morgan fingerprint density at radius 2 is 1.82 bits per heavy atom. The lowest BCUT2D eigenvalue weighted by atomic mass is 9.96. The van der Waals surface area contributed by atoms with Crippen LogP contribution in [-0.2, 0) is 9.53 Å². The summed E-state index contributed by atoms with van der Waals surface area (Å²) in [5.74, 6) is -0.877. The fourth-order valence-electron chi connectivity index (χ4n) is 4.19. The average molecular weight is 541 g/mol. The molecular weight excluding hydrogens is 516 g/mol. The van der Waals surface area contributed by atoms with Gasteiger partial charge in [-0.15, -0.1) is 0 Å². The molecule has 5 rings (SSSR count). The summed E-state index contributed by atoms with van der Waals surface area (Å²) in [6, 6.07) is 16.7. The molecule has 39 heavy (non-hydrogen) atoms. The molecule has 9 heteroatoms. The first-order valence-electron chi connectivity index (χ1n) is 12.1. The van der Waals surface area contributed by atoms with Gasteiger partial charge >= 0.3 is 11.9 Å². The summed E-state index contributed by atoms with van der Waals surface area (Å²) in [7, 11) is 0. The number of nitrogens with zero attached hydrogens (tertiary/aromatic N) is 2. The minimum absolute atomic E-state index is 0.0157. The number of benzene rings is 2. The lowest BCUT2D eigenvalue weighted by Gasteiger charge is -2.24. The van der Waals surface area contributed by atoms with E-state index >= 15 is 0 Å². The van der Waals surface area contributed by atoms with Crippen molar-refractivity contribution < 1.29 is 23.5 Å². The molecule has 2 aromatic carbocycles. The van der Waals surface area contributed by atoms with Gasteiger partial charge in [0, 0.05) is 0 Å². The van der Waals surface area contributed by atoms with E-state index in [4.69, 9.17) is 13.9 Å². The normalized spacial score (nSPS) is 14.9. The maximum absolute atomic E-state index is 13.7. The highest BCUT2D eigenvalue weighted by atomic mass is 32.1. The molecule has 0 fully saturated rings. The van der Waals surface area contributed by atoms with Crippen molar-refractivity contribution in [2.24, 2.45) is 4.99 Å². The van der Waals surface area contributed by atoms with Crippen LogP contribution in [0.1, 0.15) is 40.2 Å². The number of furan rings is 1. The van der Waals surface area contributed by atoms with Crippen molar-refractivity contribution in [2.45, 2.75) is 19.9 Å². The maximum atomic E-state index is 13.7. The summed E-state index contributed by atoms with van der Waals surface area (Å²) in [6.45, 7) is 7.33. The van der Waals surface area contributed by atoms with Crippen LogP contribution in [0.3, 0.4) is 0 Å². The zero-order valence-electron chi connectivity index (χ0n) is 21.2. The number of allylic oxidation sites excluding steroid dienone is 1. The van der Waals surface area contributed by atoms with Crippen LogP contribution in [0.15, 0.2) is 105 Å². The van der Waals surface area contributed by atoms with Gasteiger partial charge in [-0.2, -0.15) is 0 Å². The molecule has 1 aliphatic rings. The lowest BCUT2D eigenvalue weighted by Crippen LogP contribution is -2.39. The number of rotatable bonds is 7. The summed E-state index contributed by atoms with van der Waals surface area (Å²) >= 11 is 1.25. The predicted molar refractivity (Wildman–Crippen MR) is 146 cm³/mol. The summed E-state index contributed by atoms with van der Waals surface area (Å²) in [4.78, 5) is 44.2. The molecule has 0 saturated heterocycles. The SMILES string of the molecule is C=CCOC(=O)C1=C(C)N=c2s/c(=C/c3ccc(C)cc3)c(=O)n2[C@H]1c1ccc(OC(=O)c2ccco2)cc1. The van der Waals surface area contributed by atoms with Crippen molar-refractivity contribution in [1.82, 2.24) is 4.57 Å². The molecule has 0 N–H and O–H groups in total. The Morgan fingerprint density at radius 1 is 1.08 bits per heavy atom. The van der Waals surface area contributed by atoms with Gasteiger partial charge in [-0.1, -0.05) is 66.0 Å². The molecule has 8 nitrogen and oxygen atoms in total. The first-order chi connectivity index (χ1) is 18.9. The minimum Gasteiger partial charge on any atom is -0.458 e. The van der Waals surface area contributed by atoms with Gasteiger partial charge in [0.05, 0.1) is 28.1 Å². The van der Waals surface area contributed by atoms with Crippen molar-refractivity contribution in [3.05, 3.63) is 133 Å². The van der Waals surface area contributed by atoms with Gasteiger partial charge in [0.15, 0.2) is 4.80 Å². The number of thiazole rings is 1. The fraction of sp³-hybridized carbons (Fsp3) is 0.133. The second-order valence-corrected chi connectivity index (χ2v) is 9.82. The molecule has 0 amide bonds. The number of esters is 2. The van der Waals surface area contributed by atoms with Crippen molar-refractivity contribution in [2.75, 3.05) is 6.61 Å². The summed E-state index contributed by atoms with van der Waals surface area (Å²) in [5.41, 5.74) is 3.03. The Labute approximate surface area is 227 Å². The summed E-state index contributed by atoms with van der Waals surface area (Å²) in [5, 5.41) is 0. The number of hydrogen-bond acceptors (Lipinski definition) is 8. The van der Waals surface area contributed by atoms with Gasteiger partial charge in [0.2, 0.25) is 5.76 Å². The Bertz CT molecular complexity index is 1760. The third kappa shape index (κ3) is 5.30. The number of aryl methyl sites for hydroxylation is 1. The molecule has 196 valence electrons. The van der Waals surface area contributed by atoms with Crippen LogP contribution in [0.5, 0.6) is 5.75 Å². The number of hydrogen-bond donors (Lipinski definition) is 0. The van der Waals surface area contributed by atoms with E-state index in [0.29, 0.717) is 20.6 Å². The van der Waals surface area contributed by atoms with E-state index in [1.54, 1.807) is 37.3 Å². The molecular formula is C30H24N2O6S. The lowest BCUT2D eigenvalue weighted by molar-refractivity contribution is -0.138. The standard InChI is InChI=1S/C30H24N2O6S/c1-4-15-37-29(35)25-19(3)31-30-32(27(33)24(39-30)17-20-9-7-18(2)8-10-20)26(25)21-11-13-22(14-12-21)38-28(34)23-6-5-16-36-23/h4-14,16-17,26H,1,15H2,2-3H3/b24-17+/t26-/m0/s1. The molecule has 0 unspecified atom stereocenters. The van der Waals surface area contributed by atoms with Crippen LogP contribution in [0, 0.1) is 6.92 Å². The third-order valence-corrected chi connectivity index (χ3v) is 7.06. The number of ether oxygens (including phenoxy) is 2.